The van der Waals surface area contributed by atoms with Crippen LogP contribution >= 0.6 is 0 Å². The fourth-order valence-electron chi connectivity index (χ4n) is 2.72. The lowest BCUT2D eigenvalue weighted by molar-refractivity contribution is -0.142. The van der Waals surface area contributed by atoms with Crippen molar-refractivity contribution in [2.75, 3.05) is 26.2 Å². The molecule has 0 heterocycles. The lowest BCUT2D eigenvalue weighted by Gasteiger charge is -2.24. The lowest BCUT2D eigenvalue weighted by Crippen LogP contribution is -2.44. The molecule has 3 N–H and O–H groups in total. The largest absolute Gasteiger partial charge is 0.481 e. The summed E-state index contributed by atoms with van der Waals surface area (Å²) >= 11 is 0. The molecule has 2 unspecified atom stereocenters. The highest BCUT2D eigenvalue weighted by molar-refractivity contribution is 5.74. The molecule has 1 fully saturated rings. The van der Waals surface area contributed by atoms with E-state index in [0.717, 1.165) is 25.7 Å². The summed E-state index contributed by atoms with van der Waals surface area (Å²) in [5.74, 6) is -1.07. The van der Waals surface area contributed by atoms with Gasteiger partial charge in [0.15, 0.2) is 0 Å². The summed E-state index contributed by atoms with van der Waals surface area (Å²) in [7, 11) is 0. The standard InChI is InChI=1S/C14H26N2O4/c1-2-3-7-16(8-9-17)14(20)15-10-11-5-4-6-12(11)13(18)19/h11-12,17H,2-10H2,1H3,(H,15,20)(H,18,19). The summed E-state index contributed by atoms with van der Waals surface area (Å²) in [6.07, 6.45) is 4.35. The van der Waals surface area contributed by atoms with Gasteiger partial charge in [-0.25, -0.2) is 4.79 Å². The third-order valence-corrected chi connectivity index (χ3v) is 3.93. The number of carbonyl (C=O) groups excluding carboxylic acids is 1. The molecule has 0 aromatic rings. The van der Waals surface area contributed by atoms with E-state index in [1.54, 1.807) is 4.90 Å². The normalized spacial score (nSPS) is 21.7. The van der Waals surface area contributed by atoms with Crippen LogP contribution in [0.15, 0.2) is 0 Å². The zero-order chi connectivity index (χ0) is 15.0. The Balaban J connectivity index is 2.41. The number of carbonyl (C=O) groups is 2. The van der Waals surface area contributed by atoms with E-state index in [9.17, 15) is 9.59 Å². The van der Waals surface area contributed by atoms with Crippen LogP contribution in [0.3, 0.4) is 0 Å². The van der Waals surface area contributed by atoms with Crippen LogP contribution in [0, 0.1) is 11.8 Å². The van der Waals surface area contributed by atoms with E-state index >= 15 is 0 Å². The van der Waals surface area contributed by atoms with Crippen LogP contribution in [0.1, 0.15) is 39.0 Å². The molecule has 0 aromatic carbocycles. The zero-order valence-electron chi connectivity index (χ0n) is 12.2. The Morgan fingerprint density at radius 3 is 2.65 bits per heavy atom. The smallest absolute Gasteiger partial charge is 0.317 e. The average Bonchev–Trinajstić information content (AvgIpc) is 2.89. The van der Waals surface area contributed by atoms with Gasteiger partial charge in [-0.15, -0.1) is 0 Å². The third kappa shape index (κ3) is 5.00. The second-order valence-corrected chi connectivity index (χ2v) is 5.39. The summed E-state index contributed by atoms with van der Waals surface area (Å²) in [5, 5.41) is 20.9. The van der Waals surface area contributed by atoms with Crippen molar-refractivity contribution in [2.45, 2.75) is 39.0 Å². The van der Waals surface area contributed by atoms with Gasteiger partial charge in [-0.2, -0.15) is 0 Å². The van der Waals surface area contributed by atoms with Crippen LogP contribution < -0.4 is 5.32 Å². The molecule has 0 bridgehead atoms. The van der Waals surface area contributed by atoms with Gasteiger partial charge in [0, 0.05) is 19.6 Å². The number of hydrogen-bond donors (Lipinski definition) is 3. The van der Waals surface area contributed by atoms with Gasteiger partial charge in [-0.05, 0) is 25.2 Å². The fourth-order valence-corrected chi connectivity index (χ4v) is 2.72. The van der Waals surface area contributed by atoms with Crippen LogP contribution in [-0.4, -0.2) is 53.4 Å². The Labute approximate surface area is 120 Å². The van der Waals surface area contributed by atoms with Crippen molar-refractivity contribution in [1.82, 2.24) is 10.2 Å². The molecule has 0 aromatic heterocycles. The first-order chi connectivity index (χ1) is 9.60. The van der Waals surface area contributed by atoms with Crippen molar-refractivity contribution < 1.29 is 19.8 Å². The van der Waals surface area contributed by atoms with Crippen LogP contribution in [-0.2, 0) is 4.79 Å². The van der Waals surface area contributed by atoms with Gasteiger partial charge in [0.1, 0.15) is 0 Å². The maximum absolute atomic E-state index is 12.0. The van der Waals surface area contributed by atoms with Gasteiger partial charge in [-0.3, -0.25) is 4.79 Å². The van der Waals surface area contributed by atoms with Gasteiger partial charge in [0.05, 0.1) is 12.5 Å². The molecule has 2 amide bonds. The van der Waals surface area contributed by atoms with Crippen molar-refractivity contribution in [3.63, 3.8) is 0 Å². The minimum atomic E-state index is -0.764. The number of aliphatic hydroxyl groups is 1. The number of aliphatic carboxylic acids is 1. The molecule has 6 heteroatoms. The van der Waals surface area contributed by atoms with E-state index in [-0.39, 0.29) is 24.5 Å². The number of carboxylic acids is 1. The molecule has 1 aliphatic carbocycles. The first-order valence-corrected chi connectivity index (χ1v) is 7.46. The Kier molecular flexibility index (Phi) is 7.36. The summed E-state index contributed by atoms with van der Waals surface area (Å²) in [6, 6.07) is -0.205. The Bertz CT molecular complexity index is 322. The molecule has 1 aliphatic rings. The first kappa shape index (κ1) is 16.8. The second kappa shape index (κ2) is 8.79. The van der Waals surface area contributed by atoms with E-state index < -0.39 is 5.97 Å². The minimum Gasteiger partial charge on any atom is -0.481 e. The molecule has 0 aliphatic heterocycles. The van der Waals surface area contributed by atoms with Crippen LogP contribution in [0.4, 0.5) is 4.79 Å². The predicted octanol–water partition coefficient (Wildman–Crippen LogP) is 1.29. The highest BCUT2D eigenvalue weighted by atomic mass is 16.4. The van der Waals surface area contributed by atoms with Gasteiger partial charge >= 0.3 is 12.0 Å². The SMILES string of the molecule is CCCCN(CCO)C(=O)NCC1CCCC1C(=O)O. The molecular formula is C14H26N2O4. The summed E-state index contributed by atoms with van der Waals surface area (Å²) in [5.41, 5.74) is 0. The quantitative estimate of drug-likeness (QED) is 0.627. The first-order valence-electron chi connectivity index (χ1n) is 7.46. The maximum Gasteiger partial charge on any atom is 0.317 e. The van der Waals surface area contributed by atoms with E-state index in [0.29, 0.717) is 26.1 Å². The fraction of sp³-hybridized carbons (Fsp3) is 0.857. The number of rotatable bonds is 8. The monoisotopic (exact) mass is 286 g/mol. The topological polar surface area (TPSA) is 89.9 Å². The molecule has 1 rings (SSSR count). The van der Waals surface area contributed by atoms with Gasteiger partial charge < -0.3 is 20.4 Å². The highest BCUT2D eigenvalue weighted by Gasteiger charge is 2.33. The number of urea groups is 1. The highest BCUT2D eigenvalue weighted by Crippen LogP contribution is 2.31. The Morgan fingerprint density at radius 1 is 1.30 bits per heavy atom. The van der Waals surface area contributed by atoms with Crippen molar-refractivity contribution >= 4 is 12.0 Å². The van der Waals surface area contributed by atoms with Crippen molar-refractivity contribution in [3.05, 3.63) is 0 Å². The number of nitrogens with zero attached hydrogens (tertiary/aromatic N) is 1. The van der Waals surface area contributed by atoms with Gasteiger partial charge in [0.2, 0.25) is 0 Å². The van der Waals surface area contributed by atoms with Crippen LogP contribution in [0.2, 0.25) is 0 Å². The molecule has 116 valence electrons. The Hall–Kier alpha value is -1.30. The van der Waals surface area contributed by atoms with E-state index in [1.165, 1.54) is 0 Å². The van der Waals surface area contributed by atoms with Crippen molar-refractivity contribution in [3.8, 4) is 0 Å². The number of carboxylic acid groups (broad SMARTS) is 1. The maximum atomic E-state index is 12.0. The summed E-state index contributed by atoms with van der Waals surface area (Å²) in [6.45, 7) is 3.34. The van der Waals surface area contributed by atoms with Crippen molar-refractivity contribution in [1.29, 1.82) is 0 Å². The third-order valence-electron chi connectivity index (χ3n) is 3.93. The number of amides is 2. The molecule has 0 radical (unpaired) electrons. The number of nitrogens with one attached hydrogen (secondary N) is 1. The second-order valence-electron chi connectivity index (χ2n) is 5.39. The van der Waals surface area contributed by atoms with Crippen molar-refractivity contribution in [2.24, 2.45) is 11.8 Å². The number of aliphatic hydroxyl groups excluding tert-OH is 1. The van der Waals surface area contributed by atoms with Crippen LogP contribution in [0.5, 0.6) is 0 Å². The molecule has 0 spiro atoms. The van der Waals surface area contributed by atoms with Crippen LogP contribution in [0.25, 0.3) is 0 Å². The average molecular weight is 286 g/mol. The molecule has 0 saturated heterocycles. The summed E-state index contributed by atoms with van der Waals surface area (Å²) < 4.78 is 0. The molecule has 2 atom stereocenters. The van der Waals surface area contributed by atoms with Gasteiger partial charge in [-0.1, -0.05) is 19.8 Å². The Morgan fingerprint density at radius 2 is 2.05 bits per heavy atom. The minimum absolute atomic E-state index is 0.0265. The molecule has 1 saturated carbocycles. The summed E-state index contributed by atoms with van der Waals surface area (Å²) in [4.78, 5) is 24.7. The lowest BCUT2D eigenvalue weighted by atomic mass is 9.96. The van der Waals surface area contributed by atoms with E-state index in [4.69, 9.17) is 10.2 Å². The molecule has 6 nitrogen and oxygen atoms in total. The number of hydrogen-bond acceptors (Lipinski definition) is 3. The zero-order valence-corrected chi connectivity index (χ0v) is 12.2. The number of unbranched alkanes of at least 4 members (excludes halogenated alkanes) is 1. The van der Waals surface area contributed by atoms with E-state index in [1.807, 2.05) is 6.92 Å². The molecular weight excluding hydrogens is 260 g/mol. The van der Waals surface area contributed by atoms with E-state index in [2.05, 4.69) is 5.32 Å². The van der Waals surface area contributed by atoms with Gasteiger partial charge in [0.25, 0.3) is 0 Å². The molecule has 20 heavy (non-hydrogen) atoms. The predicted molar refractivity (Wildman–Crippen MR) is 75.4 cm³/mol.